The van der Waals surface area contributed by atoms with Gasteiger partial charge >= 0.3 is 0 Å². The highest BCUT2D eigenvalue weighted by Crippen LogP contribution is 2.20. The summed E-state index contributed by atoms with van der Waals surface area (Å²) in [7, 11) is -2.17. The number of anilines is 1. The number of amides is 1. The van der Waals surface area contributed by atoms with Gasteiger partial charge in [0.15, 0.2) is 5.69 Å². The van der Waals surface area contributed by atoms with E-state index in [1.54, 1.807) is 18.3 Å². The lowest BCUT2D eigenvalue weighted by Gasteiger charge is -2.17. The number of aromatic nitrogens is 2. The normalized spacial score (nSPS) is 11.5. The third-order valence-corrected chi connectivity index (χ3v) is 6.78. The molecule has 4 rings (SSSR count). The summed E-state index contributed by atoms with van der Waals surface area (Å²) in [5.41, 5.74) is 1.93. The van der Waals surface area contributed by atoms with Crippen LogP contribution in [0.2, 0.25) is 0 Å². The molecule has 0 saturated carbocycles. The van der Waals surface area contributed by atoms with E-state index >= 15 is 0 Å². The van der Waals surface area contributed by atoms with Crippen LogP contribution in [0.15, 0.2) is 96.0 Å². The van der Waals surface area contributed by atoms with Gasteiger partial charge in [-0.05, 0) is 54.1 Å². The van der Waals surface area contributed by atoms with Crippen LogP contribution in [0.4, 0.5) is 10.1 Å². The van der Waals surface area contributed by atoms with Crippen molar-refractivity contribution in [3.05, 3.63) is 108 Å². The largest absolute Gasteiger partial charge is 0.321 e. The second-order valence-electron chi connectivity index (χ2n) is 7.35. The molecular weight excluding hydrogens is 443 g/mol. The lowest BCUT2D eigenvalue weighted by molar-refractivity contribution is 0.102. The predicted molar refractivity (Wildman–Crippen MR) is 123 cm³/mol. The van der Waals surface area contributed by atoms with Crippen LogP contribution in [0.1, 0.15) is 16.1 Å². The molecule has 33 heavy (non-hydrogen) atoms. The summed E-state index contributed by atoms with van der Waals surface area (Å²) in [6.45, 7) is 0.246. The Balaban J connectivity index is 1.43. The van der Waals surface area contributed by atoms with E-state index in [4.69, 9.17) is 0 Å². The molecular formula is C24H21FN4O3S. The Bertz CT molecular complexity index is 1370. The summed E-state index contributed by atoms with van der Waals surface area (Å²) < 4.78 is 41.8. The van der Waals surface area contributed by atoms with E-state index in [0.717, 1.165) is 5.56 Å². The molecule has 1 amide bonds. The molecule has 1 heterocycles. The zero-order chi connectivity index (χ0) is 23.4. The van der Waals surface area contributed by atoms with Crippen LogP contribution < -0.4 is 5.32 Å². The summed E-state index contributed by atoms with van der Waals surface area (Å²) >= 11 is 0. The Labute approximate surface area is 191 Å². The van der Waals surface area contributed by atoms with Gasteiger partial charge in [0.05, 0.1) is 10.6 Å². The van der Waals surface area contributed by atoms with Crippen molar-refractivity contribution >= 4 is 21.6 Å². The fourth-order valence-electron chi connectivity index (χ4n) is 3.22. The van der Waals surface area contributed by atoms with Crippen LogP contribution in [0, 0.1) is 5.82 Å². The predicted octanol–water partition coefficient (Wildman–Crippen LogP) is 4.08. The van der Waals surface area contributed by atoms with Gasteiger partial charge in [0.1, 0.15) is 5.82 Å². The maximum absolute atomic E-state index is 13.4. The molecule has 0 fully saturated rings. The van der Waals surface area contributed by atoms with Gasteiger partial charge in [-0.25, -0.2) is 17.5 Å². The summed E-state index contributed by atoms with van der Waals surface area (Å²) in [5, 5.41) is 6.86. The quantitative estimate of drug-likeness (QED) is 0.447. The van der Waals surface area contributed by atoms with Crippen molar-refractivity contribution in [1.82, 2.24) is 14.1 Å². The summed E-state index contributed by atoms with van der Waals surface area (Å²) in [5.74, 6) is -0.875. The van der Waals surface area contributed by atoms with Crippen molar-refractivity contribution in [3.63, 3.8) is 0 Å². The van der Waals surface area contributed by atoms with Gasteiger partial charge in [0.2, 0.25) is 10.0 Å². The maximum atomic E-state index is 13.4. The first-order valence-corrected chi connectivity index (χ1v) is 11.5. The number of nitrogens with one attached hydrogen (secondary N) is 1. The zero-order valence-electron chi connectivity index (χ0n) is 17.7. The van der Waals surface area contributed by atoms with Crippen LogP contribution in [-0.2, 0) is 16.6 Å². The monoisotopic (exact) mass is 464 g/mol. The first-order chi connectivity index (χ1) is 15.8. The van der Waals surface area contributed by atoms with E-state index in [2.05, 4.69) is 10.4 Å². The molecule has 3 aromatic carbocycles. The number of hydrogen-bond donors (Lipinski definition) is 1. The van der Waals surface area contributed by atoms with E-state index in [9.17, 15) is 17.6 Å². The fourth-order valence-corrected chi connectivity index (χ4v) is 4.38. The van der Waals surface area contributed by atoms with E-state index < -0.39 is 21.7 Å². The number of hydrogen-bond acceptors (Lipinski definition) is 4. The molecule has 0 bridgehead atoms. The number of benzene rings is 3. The molecule has 0 aliphatic carbocycles. The minimum atomic E-state index is -3.69. The summed E-state index contributed by atoms with van der Waals surface area (Å²) in [4.78, 5) is 12.7. The molecule has 0 unspecified atom stereocenters. The second-order valence-corrected chi connectivity index (χ2v) is 9.40. The van der Waals surface area contributed by atoms with E-state index in [0.29, 0.717) is 11.4 Å². The lowest BCUT2D eigenvalue weighted by atomic mass is 10.2. The zero-order valence-corrected chi connectivity index (χ0v) is 18.5. The summed E-state index contributed by atoms with van der Waals surface area (Å²) in [6, 6.07) is 22.6. The van der Waals surface area contributed by atoms with Crippen molar-refractivity contribution in [2.75, 3.05) is 12.4 Å². The average molecular weight is 465 g/mol. The highest BCUT2D eigenvalue weighted by Gasteiger charge is 2.21. The number of sulfonamides is 1. The molecule has 0 aliphatic rings. The molecule has 0 radical (unpaired) electrons. The number of halogens is 1. The van der Waals surface area contributed by atoms with E-state index in [1.165, 1.54) is 58.5 Å². The maximum Gasteiger partial charge on any atom is 0.276 e. The molecule has 4 aromatic rings. The highest BCUT2D eigenvalue weighted by atomic mass is 32.2. The van der Waals surface area contributed by atoms with Crippen molar-refractivity contribution in [2.45, 2.75) is 11.4 Å². The van der Waals surface area contributed by atoms with Gasteiger partial charge in [0, 0.05) is 25.5 Å². The molecule has 0 aliphatic heterocycles. The van der Waals surface area contributed by atoms with Crippen LogP contribution in [0.5, 0.6) is 0 Å². The fraction of sp³-hybridized carbons (Fsp3) is 0.0833. The Kier molecular flexibility index (Phi) is 6.34. The number of carbonyl (C=O) groups excluding carboxylic acids is 1. The summed E-state index contributed by atoms with van der Waals surface area (Å²) in [6.07, 6.45) is 1.56. The molecule has 9 heteroatoms. The van der Waals surface area contributed by atoms with Crippen LogP contribution in [-0.4, -0.2) is 35.5 Å². The molecule has 0 spiro atoms. The Morgan fingerprint density at radius 1 is 1.00 bits per heavy atom. The van der Waals surface area contributed by atoms with Crippen molar-refractivity contribution in [2.24, 2.45) is 0 Å². The molecule has 0 atom stereocenters. The first-order valence-electron chi connectivity index (χ1n) is 10.1. The number of nitrogens with zero attached hydrogens (tertiary/aromatic N) is 3. The third kappa shape index (κ3) is 5.16. The van der Waals surface area contributed by atoms with Crippen LogP contribution >= 0.6 is 0 Å². The average Bonchev–Trinajstić information content (AvgIpc) is 3.31. The lowest BCUT2D eigenvalue weighted by Crippen LogP contribution is -2.26. The minimum Gasteiger partial charge on any atom is -0.321 e. The molecule has 7 nitrogen and oxygen atoms in total. The number of carbonyl (C=O) groups is 1. The van der Waals surface area contributed by atoms with Crippen molar-refractivity contribution < 1.29 is 17.6 Å². The molecule has 1 N–H and O–H groups in total. The van der Waals surface area contributed by atoms with Gasteiger partial charge in [-0.2, -0.15) is 9.40 Å². The minimum absolute atomic E-state index is 0.120. The van der Waals surface area contributed by atoms with Crippen LogP contribution in [0.3, 0.4) is 0 Å². The van der Waals surface area contributed by atoms with Gasteiger partial charge in [-0.3, -0.25) is 4.79 Å². The third-order valence-electron chi connectivity index (χ3n) is 4.96. The topological polar surface area (TPSA) is 84.3 Å². The van der Waals surface area contributed by atoms with Crippen molar-refractivity contribution in [3.8, 4) is 5.69 Å². The Hall–Kier alpha value is -3.82. The highest BCUT2D eigenvalue weighted by molar-refractivity contribution is 7.89. The molecule has 168 valence electrons. The SMILES string of the molecule is CN(Cc1ccccc1)S(=O)(=O)c1ccc(NC(=O)c2ccn(-c3cccc(F)c3)n2)cc1. The van der Waals surface area contributed by atoms with Gasteiger partial charge in [-0.15, -0.1) is 0 Å². The number of rotatable bonds is 7. The van der Waals surface area contributed by atoms with Gasteiger partial charge in [0.25, 0.3) is 5.91 Å². The Morgan fingerprint density at radius 2 is 1.73 bits per heavy atom. The first kappa shape index (κ1) is 22.4. The second kappa shape index (κ2) is 9.35. The van der Waals surface area contributed by atoms with E-state index in [-0.39, 0.29) is 17.1 Å². The van der Waals surface area contributed by atoms with Gasteiger partial charge < -0.3 is 5.32 Å². The molecule has 1 aromatic heterocycles. The molecule has 0 saturated heterocycles. The Morgan fingerprint density at radius 3 is 2.42 bits per heavy atom. The van der Waals surface area contributed by atoms with Gasteiger partial charge in [-0.1, -0.05) is 36.4 Å². The van der Waals surface area contributed by atoms with Crippen molar-refractivity contribution in [1.29, 1.82) is 0 Å². The smallest absolute Gasteiger partial charge is 0.276 e. The van der Waals surface area contributed by atoms with E-state index in [1.807, 2.05) is 30.3 Å². The van der Waals surface area contributed by atoms with Crippen LogP contribution in [0.25, 0.3) is 5.69 Å². The standard InChI is InChI=1S/C24H21FN4O3S/c1-28(17-18-6-3-2-4-7-18)33(31,32)22-12-10-20(11-13-22)26-24(30)23-14-15-29(27-23)21-9-5-8-19(25)16-21/h2-16H,17H2,1H3,(H,26,30).